The molecule has 1 aromatic heterocycles. The number of ether oxygens (including phenoxy) is 2. The lowest BCUT2D eigenvalue weighted by Gasteiger charge is -2.13. The minimum Gasteiger partial charge on any atom is -0.493 e. The Labute approximate surface area is 128 Å². The minimum atomic E-state index is -4.56. The number of aldehydes is 1. The van der Waals surface area contributed by atoms with E-state index in [2.05, 4.69) is 4.98 Å². The Hall–Kier alpha value is -2.28. The zero-order valence-electron chi connectivity index (χ0n) is 11.1. The predicted octanol–water partition coefficient (Wildman–Crippen LogP) is 4.37. The molecule has 0 unspecified atom stereocenters. The number of nitrogens with zero attached hydrogens (tertiary/aromatic N) is 1. The molecule has 1 aromatic carbocycles. The average Bonchev–Trinajstić information content (AvgIpc) is 2.48. The molecular formula is C14H9ClF3NO3. The summed E-state index contributed by atoms with van der Waals surface area (Å²) in [5.74, 6) is -0.0150. The van der Waals surface area contributed by atoms with Crippen LogP contribution >= 0.6 is 11.6 Å². The molecular weight excluding hydrogens is 323 g/mol. The van der Waals surface area contributed by atoms with E-state index in [1.165, 1.54) is 19.2 Å². The van der Waals surface area contributed by atoms with Gasteiger partial charge in [0.1, 0.15) is 5.02 Å². The smallest absolute Gasteiger partial charge is 0.417 e. The molecule has 0 saturated carbocycles. The molecule has 116 valence electrons. The second-order valence-corrected chi connectivity index (χ2v) is 4.51. The van der Waals surface area contributed by atoms with E-state index in [0.717, 1.165) is 0 Å². The van der Waals surface area contributed by atoms with Crippen molar-refractivity contribution in [2.45, 2.75) is 6.18 Å². The summed E-state index contributed by atoms with van der Waals surface area (Å²) in [6, 6.07) is 5.25. The Kier molecular flexibility index (Phi) is 4.56. The van der Waals surface area contributed by atoms with Crippen molar-refractivity contribution in [3.63, 3.8) is 0 Å². The van der Waals surface area contributed by atoms with Gasteiger partial charge in [0.05, 0.1) is 18.2 Å². The fourth-order valence-corrected chi connectivity index (χ4v) is 1.85. The Balaban J connectivity index is 2.42. The third-order valence-corrected chi connectivity index (χ3v) is 2.96. The molecule has 2 aromatic rings. The lowest BCUT2D eigenvalue weighted by molar-refractivity contribution is -0.137. The highest BCUT2D eigenvalue weighted by Gasteiger charge is 2.32. The molecule has 0 N–H and O–H groups in total. The monoisotopic (exact) mass is 331 g/mol. The van der Waals surface area contributed by atoms with Crippen molar-refractivity contribution >= 4 is 17.9 Å². The summed E-state index contributed by atoms with van der Waals surface area (Å²) in [7, 11) is 1.36. The molecule has 1 heterocycles. The fourth-order valence-electron chi connectivity index (χ4n) is 1.65. The molecule has 0 aliphatic rings. The van der Waals surface area contributed by atoms with E-state index < -0.39 is 11.7 Å². The van der Waals surface area contributed by atoms with Crippen LogP contribution in [-0.2, 0) is 6.18 Å². The SMILES string of the molecule is COc1cccc(C=O)c1Oc1ncc(C(F)(F)F)cc1Cl. The van der Waals surface area contributed by atoms with Crippen LogP contribution in [-0.4, -0.2) is 18.4 Å². The number of methoxy groups -OCH3 is 1. The van der Waals surface area contributed by atoms with Gasteiger partial charge in [-0.05, 0) is 18.2 Å². The van der Waals surface area contributed by atoms with Crippen molar-refractivity contribution in [3.8, 4) is 17.4 Å². The number of hydrogen-bond acceptors (Lipinski definition) is 4. The highest BCUT2D eigenvalue weighted by atomic mass is 35.5. The van der Waals surface area contributed by atoms with Crippen LogP contribution in [0.1, 0.15) is 15.9 Å². The second kappa shape index (κ2) is 6.23. The molecule has 0 aliphatic heterocycles. The molecule has 0 saturated heterocycles. The maximum Gasteiger partial charge on any atom is 0.417 e. The summed E-state index contributed by atoms with van der Waals surface area (Å²) in [5.41, 5.74) is -0.849. The summed E-state index contributed by atoms with van der Waals surface area (Å²) in [6.45, 7) is 0. The molecule has 0 fully saturated rings. The molecule has 0 spiro atoms. The first-order valence-electron chi connectivity index (χ1n) is 5.89. The summed E-state index contributed by atoms with van der Waals surface area (Å²) in [6.07, 6.45) is -3.44. The third-order valence-electron chi connectivity index (χ3n) is 2.69. The van der Waals surface area contributed by atoms with Crippen molar-refractivity contribution in [2.24, 2.45) is 0 Å². The third kappa shape index (κ3) is 3.30. The molecule has 0 amide bonds. The van der Waals surface area contributed by atoms with Gasteiger partial charge >= 0.3 is 6.18 Å². The van der Waals surface area contributed by atoms with Gasteiger partial charge in [-0.25, -0.2) is 4.98 Å². The van der Waals surface area contributed by atoms with Crippen LogP contribution in [0.4, 0.5) is 13.2 Å². The number of hydrogen-bond donors (Lipinski definition) is 0. The van der Waals surface area contributed by atoms with Gasteiger partial charge in [0.2, 0.25) is 5.88 Å². The van der Waals surface area contributed by atoms with E-state index in [4.69, 9.17) is 21.1 Å². The highest BCUT2D eigenvalue weighted by Crippen LogP contribution is 2.38. The van der Waals surface area contributed by atoms with Gasteiger partial charge in [-0.3, -0.25) is 4.79 Å². The van der Waals surface area contributed by atoms with Crippen LogP contribution in [0.15, 0.2) is 30.5 Å². The van der Waals surface area contributed by atoms with E-state index in [1.54, 1.807) is 6.07 Å². The van der Waals surface area contributed by atoms with Crippen LogP contribution in [0.5, 0.6) is 17.4 Å². The largest absolute Gasteiger partial charge is 0.493 e. The number of pyridine rings is 1. The average molecular weight is 332 g/mol. The van der Waals surface area contributed by atoms with Gasteiger partial charge in [0.25, 0.3) is 0 Å². The van der Waals surface area contributed by atoms with Gasteiger partial charge in [0.15, 0.2) is 17.8 Å². The second-order valence-electron chi connectivity index (χ2n) is 4.11. The summed E-state index contributed by atoms with van der Waals surface area (Å²) in [5, 5.41) is -0.336. The van der Waals surface area contributed by atoms with Crippen LogP contribution in [0.3, 0.4) is 0 Å². The number of rotatable bonds is 4. The molecule has 22 heavy (non-hydrogen) atoms. The standard InChI is InChI=1S/C14H9ClF3NO3/c1-21-11-4-2-3-8(7-20)12(11)22-13-10(15)5-9(6-19-13)14(16,17)18/h2-7H,1H3. The van der Waals surface area contributed by atoms with Crippen LogP contribution in [0, 0.1) is 0 Å². The van der Waals surface area contributed by atoms with Gasteiger partial charge in [-0.2, -0.15) is 13.2 Å². The van der Waals surface area contributed by atoms with Crippen molar-refractivity contribution in [1.82, 2.24) is 4.98 Å². The molecule has 0 radical (unpaired) electrons. The van der Waals surface area contributed by atoms with E-state index >= 15 is 0 Å². The lowest BCUT2D eigenvalue weighted by Crippen LogP contribution is -2.06. The molecule has 4 nitrogen and oxygen atoms in total. The molecule has 2 rings (SSSR count). The van der Waals surface area contributed by atoms with Gasteiger partial charge in [-0.1, -0.05) is 17.7 Å². The zero-order chi connectivity index (χ0) is 16.3. The first kappa shape index (κ1) is 16.1. The van der Waals surface area contributed by atoms with Gasteiger partial charge in [-0.15, -0.1) is 0 Å². The lowest BCUT2D eigenvalue weighted by atomic mass is 10.2. The maximum absolute atomic E-state index is 12.6. The summed E-state index contributed by atoms with van der Waals surface area (Å²) in [4.78, 5) is 14.6. The topological polar surface area (TPSA) is 48.4 Å². The Bertz CT molecular complexity index is 704. The van der Waals surface area contributed by atoms with E-state index in [-0.39, 0.29) is 28.0 Å². The van der Waals surface area contributed by atoms with Crippen molar-refractivity contribution in [2.75, 3.05) is 7.11 Å². The molecule has 8 heteroatoms. The molecule has 0 bridgehead atoms. The number of carbonyl (C=O) groups excluding carboxylic acids is 1. The van der Waals surface area contributed by atoms with Crippen LogP contribution < -0.4 is 9.47 Å². The number of para-hydroxylation sites is 1. The number of aromatic nitrogens is 1. The van der Waals surface area contributed by atoms with Crippen molar-refractivity contribution in [1.29, 1.82) is 0 Å². The summed E-state index contributed by atoms with van der Waals surface area (Å²) >= 11 is 5.76. The number of alkyl halides is 3. The van der Waals surface area contributed by atoms with Crippen LogP contribution in [0.2, 0.25) is 5.02 Å². The maximum atomic E-state index is 12.6. The first-order chi connectivity index (χ1) is 10.4. The zero-order valence-corrected chi connectivity index (χ0v) is 11.9. The van der Waals surface area contributed by atoms with Crippen molar-refractivity contribution in [3.05, 3.63) is 46.6 Å². The predicted molar refractivity (Wildman–Crippen MR) is 72.7 cm³/mol. The van der Waals surface area contributed by atoms with E-state index in [0.29, 0.717) is 18.5 Å². The molecule has 0 aliphatic carbocycles. The van der Waals surface area contributed by atoms with E-state index in [1.807, 2.05) is 0 Å². The number of benzene rings is 1. The Morgan fingerprint density at radius 1 is 1.32 bits per heavy atom. The van der Waals surface area contributed by atoms with Crippen molar-refractivity contribution < 1.29 is 27.4 Å². The Morgan fingerprint density at radius 2 is 2.05 bits per heavy atom. The normalized spacial score (nSPS) is 11.1. The minimum absolute atomic E-state index is 0.0224. The van der Waals surface area contributed by atoms with E-state index in [9.17, 15) is 18.0 Å². The van der Waals surface area contributed by atoms with Crippen LogP contribution in [0.25, 0.3) is 0 Å². The highest BCUT2D eigenvalue weighted by molar-refractivity contribution is 6.31. The fraction of sp³-hybridized carbons (Fsp3) is 0.143. The Morgan fingerprint density at radius 3 is 2.59 bits per heavy atom. The number of carbonyl (C=O) groups is 1. The van der Waals surface area contributed by atoms with Gasteiger partial charge in [0, 0.05) is 6.20 Å². The first-order valence-corrected chi connectivity index (χ1v) is 6.27. The van der Waals surface area contributed by atoms with Gasteiger partial charge < -0.3 is 9.47 Å². The number of halogens is 4. The summed E-state index contributed by atoms with van der Waals surface area (Å²) < 4.78 is 48.1. The molecule has 0 atom stereocenters. The quantitative estimate of drug-likeness (QED) is 0.781.